The van der Waals surface area contributed by atoms with Crippen LogP contribution in [0, 0.1) is 0 Å². The van der Waals surface area contributed by atoms with Crippen molar-refractivity contribution >= 4 is 29.2 Å². The lowest BCUT2D eigenvalue weighted by Gasteiger charge is -2.15. The molecule has 5 heteroatoms. The lowest BCUT2D eigenvalue weighted by molar-refractivity contribution is 0.306. The summed E-state index contributed by atoms with van der Waals surface area (Å²) in [6.07, 6.45) is 4.96. The molecule has 1 heterocycles. The number of nitrogens with zero attached hydrogens (tertiary/aromatic N) is 1. The van der Waals surface area contributed by atoms with Crippen molar-refractivity contribution < 1.29 is 4.74 Å². The van der Waals surface area contributed by atoms with Crippen LogP contribution in [0.1, 0.15) is 19.3 Å². The van der Waals surface area contributed by atoms with Gasteiger partial charge in [-0.05, 0) is 25.8 Å². The molecule has 2 rings (SSSR count). The van der Waals surface area contributed by atoms with Crippen LogP contribution in [0.25, 0.3) is 0 Å². The molecule has 0 amide bonds. The Morgan fingerprint density at radius 2 is 2.22 bits per heavy atom. The van der Waals surface area contributed by atoms with Crippen molar-refractivity contribution in [2.45, 2.75) is 19.3 Å². The van der Waals surface area contributed by atoms with E-state index in [9.17, 15) is 0 Å². The third-order valence-corrected chi connectivity index (χ3v) is 3.05. The van der Waals surface area contributed by atoms with Crippen LogP contribution in [0.2, 0.25) is 5.02 Å². The Kier molecular flexibility index (Phi) is 4.84. The topological polar surface area (TPSA) is 59.6 Å². The second-order valence-corrected chi connectivity index (χ2v) is 4.60. The van der Waals surface area contributed by atoms with Crippen molar-refractivity contribution in [3.63, 3.8) is 0 Å². The minimum absolute atomic E-state index is 0.618. The molecule has 0 saturated carbocycles. The maximum atomic E-state index is 6.16. The molecular weight excluding hydrogens is 250 g/mol. The average Bonchev–Trinajstić information content (AvgIpc) is 2.39. The van der Waals surface area contributed by atoms with Gasteiger partial charge in [0.15, 0.2) is 0 Å². The molecule has 1 aliphatic heterocycles. The zero-order valence-electron chi connectivity index (χ0n) is 10.3. The molecule has 0 spiro atoms. The predicted molar refractivity (Wildman–Crippen MR) is 76.5 cm³/mol. The predicted octanol–water partition coefficient (Wildman–Crippen LogP) is 2.98. The quantitative estimate of drug-likeness (QED) is 0.779. The summed E-state index contributed by atoms with van der Waals surface area (Å²) >= 11 is 6.16. The Labute approximate surface area is 112 Å². The first-order chi connectivity index (χ1) is 8.81. The number of nitrogens with one attached hydrogen (secondary N) is 1. The molecular formula is C13H18ClN3O. The fraction of sp³-hybridized carbons (Fsp3) is 0.462. The number of unbranched alkanes of at least 4 members (excludes halogenated alkanes) is 2. The van der Waals surface area contributed by atoms with Crippen molar-refractivity contribution in [2.24, 2.45) is 10.7 Å². The summed E-state index contributed by atoms with van der Waals surface area (Å²) < 4.78 is 5.68. The molecule has 18 heavy (non-hydrogen) atoms. The highest BCUT2D eigenvalue weighted by Crippen LogP contribution is 2.38. The van der Waals surface area contributed by atoms with Gasteiger partial charge in [-0.3, -0.25) is 4.99 Å². The number of aliphatic imine (C=N–C) groups is 1. The number of hydrogen-bond acceptors (Lipinski definition) is 4. The zero-order chi connectivity index (χ0) is 12.8. The van der Waals surface area contributed by atoms with Gasteiger partial charge in [0.2, 0.25) is 0 Å². The van der Waals surface area contributed by atoms with Crippen molar-refractivity contribution in [1.29, 1.82) is 0 Å². The fourth-order valence-electron chi connectivity index (χ4n) is 1.83. The molecule has 0 bridgehead atoms. The van der Waals surface area contributed by atoms with E-state index in [0.29, 0.717) is 11.6 Å². The Morgan fingerprint density at radius 1 is 1.33 bits per heavy atom. The van der Waals surface area contributed by atoms with E-state index in [4.69, 9.17) is 22.1 Å². The normalized spacial score (nSPS) is 13.0. The Morgan fingerprint density at radius 3 is 3.06 bits per heavy atom. The van der Waals surface area contributed by atoms with Gasteiger partial charge in [-0.1, -0.05) is 11.6 Å². The summed E-state index contributed by atoms with van der Waals surface area (Å²) in [6.45, 7) is 2.16. The third kappa shape index (κ3) is 3.37. The largest absolute Gasteiger partial charge is 0.493 e. The number of benzene rings is 1. The SMILES string of the molecule is NCCCCCOc1cc(Cl)c2c(c1)NCC=N2. The van der Waals surface area contributed by atoms with E-state index in [1.165, 1.54) is 0 Å². The van der Waals surface area contributed by atoms with Crippen LogP contribution < -0.4 is 15.8 Å². The van der Waals surface area contributed by atoms with Crippen molar-refractivity contribution in [1.82, 2.24) is 0 Å². The smallest absolute Gasteiger partial charge is 0.122 e. The van der Waals surface area contributed by atoms with Gasteiger partial charge in [0.05, 0.1) is 23.9 Å². The van der Waals surface area contributed by atoms with E-state index in [-0.39, 0.29) is 0 Å². The molecule has 1 aromatic carbocycles. The van der Waals surface area contributed by atoms with Crippen molar-refractivity contribution in [3.05, 3.63) is 17.2 Å². The van der Waals surface area contributed by atoms with Gasteiger partial charge in [0, 0.05) is 18.3 Å². The minimum Gasteiger partial charge on any atom is -0.493 e. The Hall–Kier alpha value is -1.26. The summed E-state index contributed by atoms with van der Waals surface area (Å²) in [5.41, 5.74) is 7.16. The molecule has 0 saturated heterocycles. The Balaban J connectivity index is 1.93. The standard InChI is InChI=1S/C13H18ClN3O/c14-11-8-10(18-7-3-1-2-4-15)9-12-13(11)17-6-5-16-12/h6,8-9,16H,1-5,7,15H2. The number of ether oxygens (including phenoxy) is 1. The van der Waals surface area contributed by atoms with E-state index in [0.717, 1.165) is 49.5 Å². The van der Waals surface area contributed by atoms with Gasteiger partial charge in [0.25, 0.3) is 0 Å². The molecule has 0 aromatic heterocycles. The molecule has 0 aliphatic carbocycles. The third-order valence-electron chi connectivity index (χ3n) is 2.76. The maximum absolute atomic E-state index is 6.16. The first kappa shape index (κ1) is 13.2. The molecule has 0 unspecified atom stereocenters. The second kappa shape index (κ2) is 6.61. The monoisotopic (exact) mass is 267 g/mol. The summed E-state index contributed by atoms with van der Waals surface area (Å²) in [4.78, 5) is 4.27. The Bertz CT molecular complexity index is 434. The maximum Gasteiger partial charge on any atom is 0.122 e. The van der Waals surface area contributed by atoms with E-state index in [2.05, 4.69) is 10.3 Å². The number of fused-ring (bicyclic) bond motifs is 1. The van der Waals surface area contributed by atoms with Crippen LogP contribution in [0.4, 0.5) is 11.4 Å². The van der Waals surface area contributed by atoms with Gasteiger partial charge < -0.3 is 15.8 Å². The summed E-state index contributed by atoms with van der Waals surface area (Å²) in [5, 5.41) is 3.84. The number of anilines is 1. The fourth-order valence-corrected chi connectivity index (χ4v) is 2.09. The number of rotatable bonds is 6. The van der Waals surface area contributed by atoms with Crippen LogP contribution in [0.3, 0.4) is 0 Å². The van der Waals surface area contributed by atoms with Crippen molar-refractivity contribution in [3.8, 4) is 5.75 Å². The molecule has 0 atom stereocenters. The lowest BCUT2D eigenvalue weighted by atomic mass is 10.2. The lowest BCUT2D eigenvalue weighted by Crippen LogP contribution is -2.07. The first-order valence-corrected chi connectivity index (χ1v) is 6.62. The molecule has 3 N–H and O–H groups in total. The molecule has 1 aromatic rings. The molecule has 98 valence electrons. The molecule has 0 fully saturated rings. The summed E-state index contributed by atoms with van der Waals surface area (Å²) in [7, 11) is 0. The van der Waals surface area contributed by atoms with Crippen LogP contribution in [0.5, 0.6) is 5.75 Å². The van der Waals surface area contributed by atoms with Crippen LogP contribution in [-0.4, -0.2) is 25.9 Å². The highest BCUT2D eigenvalue weighted by Gasteiger charge is 2.11. The molecule has 1 aliphatic rings. The number of nitrogens with two attached hydrogens (primary N) is 1. The van der Waals surface area contributed by atoms with Gasteiger partial charge in [0.1, 0.15) is 11.4 Å². The minimum atomic E-state index is 0.618. The molecule has 0 radical (unpaired) electrons. The van der Waals surface area contributed by atoms with Gasteiger partial charge in [-0.2, -0.15) is 0 Å². The first-order valence-electron chi connectivity index (χ1n) is 6.24. The van der Waals surface area contributed by atoms with Gasteiger partial charge in [-0.15, -0.1) is 0 Å². The highest BCUT2D eigenvalue weighted by molar-refractivity contribution is 6.34. The van der Waals surface area contributed by atoms with Crippen molar-refractivity contribution in [2.75, 3.05) is 25.0 Å². The van der Waals surface area contributed by atoms with Gasteiger partial charge in [-0.25, -0.2) is 0 Å². The second-order valence-electron chi connectivity index (χ2n) is 4.19. The molecule has 4 nitrogen and oxygen atoms in total. The van der Waals surface area contributed by atoms with E-state index < -0.39 is 0 Å². The van der Waals surface area contributed by atoms with Crippen LogP contribution in [0.15, 0.2) is 17.1 Å². The zero-order valence-corrected chi connectivity index (χ0v) is 11.0. The average molecular weight is 268 g/mol. The van der Waals surface area contributed by atoms with E-state index in [1.54, 1.807) is 0 Å². The van der Waals surface area contributed by atoms with Crippen LogP contribution >= 0.6 is 11.6 Å². The van der Waals surface area contributed by atoms with E-state index in [1.807, 2.05) is 18.3 Å². The van der Waals surface area contributed by atoms with Gasteiger partial charge >= 0.3 is 0 Å². The van der Waals surface area contributed by atoms with Crippen LogP contribution in [-0.2, 0) is 0 Å². The highest BCUT2D eigenvalue weighted by atomic mass is 35.5. The summed E-state index contributed by atoms with van der Waals surface area (Å²) in [5.74, 6) is 0.788. The summed E-state index contributed by atoms with van der Waals surface area (Å²) in [6, 6.07) is 3.76. The van der Waals surface area contributed by atoms with E-state index >= 15 is 0 Å². The number of halogens is 1. The number of hydrogen-bond donors (Lipinski definition) is 2.